The van der Waals surface area contributed by atoms with Gasteiger partial charge in [-0.05, 0) is 49.2 Å². The molecule has 0 radical (unpaired) electrons. The van der Waals surface area contributed by atoms with E-state index in [9.17, 15) is 4.79 Å². The summed E-state index contributed by atoms with van der Waals surface area (Å²) in [6.07, 6.45) is 1.42. The number of amides is 1. The Morgan fingerprint density at radius 1 is 1.16 bits per heavy atom. The highest BCUT2D eigenvalue weighted by Gasteiger charge is 2.13. The molecule has 0 aliphatic rings. The number of rotatable bonds is 9. The van der Waals surface area contributed by atoms with E-state index in [2.05, 4.69) is 15.5 Å². The van der Waals surface area contributed by atoms with Crippen LogP contribution in [0.15, 0.2) is 41.6 Å². The van der Waals surface area contributed by atoms with Gasteiger partial charge >= 0.3 is 0 Å². The van der Waals surface area contributed by atoms with Crippen LogP contribution in [0.25, 0.3) is 0 Å². The van der Waals surface area contributed by atoms with E-state index in [1.807, 2.05) is 24.6 Å². The standard InChI is InChI=1S/C21H21Cl3N4O2S/c1-13-15(23)5-3-6-17(13)25-20(29)12-31-21-27-26-19(28(21)2)7-4-10-30-18-9-8-14(22)11-16(18)24/h3,5-6,8-9,11H,4,7,10,12H2,1-2H3,(H,25,29). The van der Waals surface area contributed by atoms with Crippen molar-refractivity contribution in [2.45, 2.75) is 24.9 Å². The van der Waals surface area contributed by atoms with Crippen LogP contribution in [0.1, 0.15) is 17.8 Å². The highest BCUT2D eigenvalue weighted by Crippen LogP contribution is 2.28. The lowest BCUT2D eigenvalue weighted by Crippen LogP contribution is -2.15. The summed E-state index contributed by atoms with van der Waals surface area (Å²) in [5, 5.41) is 13.6. The van der Waals surface area contributed by atoms with Crippen LogP contribution in [0.3, 0.4) is 0 Å². The molecule has 0 aliphatic heterocycles. The molecule has 0 unspecified atom stereocenters. The third-order valence-electron chi connectivity index (χ3n) is 4.50. The van der Waals surface area contributed by atoms with Gasteiger partial charge in [-0.15, -0.1) is 10.2 Å². The fourth-order valence-electron chi connectivity index (χ4n) is 2.75. The number of hydrogen-bond donors (Lipinski definition) is 1. The Kier molecular flexibility index (Phi) is 8.49. The minimum atomic E-state index is -0.131. The first-order chi connectivity index (χ1) is 14.8. The number of hydrogen-bond acceptors (Lipinski definition) is 5. The average molecular weight is 500 g/mol. The van der Waals surface area contributed by atoms with Crippen LogP contribution in [-0.4, -0.2) is 33.0 Å². The third-order valence-corrected chi connectivity index (χ3v) is 6.46. The van der Waals surface area contributed by atoms with Crippen LogP contribution >= 0.6 is 46.6 Å². The Labute approximate surface area is 200 Å². The monoisotopic (exact) mass is 498 g/mol. The summed E-state index contributed by atoms with van der Waals surface area (Å²) in [6, 6.07) is 10.5. The summed E-state index contributed by atoms with van der Waals surface area (Å²) in [5.41, 5.74) is 1.54. The quantitative estimate of drug-likeness (QED) is 0.296. The molecular formula is C21H21Cl3N4O2S. The predicted octanol–water partition coefficient (Wildman–Crippen LogP) is 5.83. The van der Waals surface area contributed by atoms with Crippen molar-refractivity contribution in [3.05, 3.63) is 62.9 Å². The van der Waals surface area contributed by atoms with Crippen molar-refractivity contribution in [2.75, 3.05) is 17.7 Å². The molecule has 6 nitrogen and oxygen atoms in total. The second-order valence-corrected chi connectivity index (χ2v) is 8.93. The number of thioether (sulfide) groups is 1. The zero-order valence-corrected chi connectivity index (χ0v) is 20.1. The minimum Gasteiger partial charge on any atom is -0.492 e. The van der Waals surface area contributed by atoms with Crippen molar-refractivity contribution >= 4 is 58.2 Å². The van der Waals surface area contributed by atoms with Crippen molar-refractivity contribution in [3.63, 3.8) is 0 Å². The Balaban J connectivity index is 1.46. The van der Waals surface area contributed by atoms with E-state index in [1.54, 1.807) is 30.3 Å². The summed E-state index contributed by atoms with van der Waals surface area (Å²) in [6.45, 7) is 2.35. The molecule has 0 fully saturated rings. The molecule has 0 saturated heterocycles. The van der Waals surface area contributed by atoms with E-state index in [0.29, 0.717) is 44.7 Å². The lowest BCUT2D eigenvalue weighted by atomic mass is 10.2. The van der Waals surface area contributed by atoms with Gasteiger partial charge in [0.2, 0.25) is 5.91 Å². The second-order valence-electron chi connectivity index (χ2n) is 6.73. The SMILES string of the molecule is Cc1c(Cl)cccc1NC(=O)CSc1nnc(CCCOc2ccc(Cl)cc2Cl)n1C. The predicted molar refractivity (Wildman–Crippen MR) is 127 cm³/mol. The Hall–Kier alpha value is -1.93. The number of carbonyl (C=O) groups is 1. The van der Waals surface area contributed by atoms with Crippen molar-refractivity contribution in [1.29, 1.82) is 0 Å². The number of benzene rings is 2. The summed E-state index contributed by atoms with van der Waals surface area (Å²) in [7, 11) is 1.88. The second kappa shape index (κ2) is 11.1. The van der Waals surface area contributed by atoms with E-state index in [0.717, 1.165) is 17.8 Å². The molecule has 10 heteroatoms. The highest BCUT2D eigenvalue weighted by atomic mass is 35.5. The first-order valence-corrected chi connectivity index (χ1v) is 11.6. The normalized spacial score (nSPS) is 10.9. The fourth-order valence-corrected chi connectivity index (χ4v) is 4.12. The average Bonchev–Trinajstić information content (AvgIpc) is 3.08. The molecule has 3 aromatic rings. The minimum absolute atomic E-state index is 0.131. The number of ether oxygens (including phenoxy) is 1. The number of anilines is 1. The van der Waals surface area contributed by atoms with E-state index in [4.69, 9.17) is 39.5 Å². The smallest absolute Gasteiger partial charge is 0.234 e. The molecule has 3 rings (SSSR count). The maximum atomic E-state index is 12.3. The zero-order chi connectivity index (χ0) is 22.4. The number of carbonyl (C=O) groups excluding carboxylic acids is 1. The molecular weight excluding hydrogens is 479 g/mol. The van der Waals surface area contributed by atoms with Gasteiger partial charge in [-0.25, -0.2) is 0 Å². The van der Waals surface area contributed by atoms with Crippen LogP contribution in [0.2, 0.25) is 15.1 Å². The molecule has 0 atom stereocenters. The molecule has 1 N–H and O–H groups in total. The topological polar surface area (TPSA) is 69.0 Å². The summed E-state index contributed by atoms with van der Waals surface area (Å²) in [5.74, 6) is 1.50. The van der Waals surface area contributed by atoms with E-state index < -0.39 is 0 Å². The molecule has 0 aliphatic carbocycles. The molecule has 31 heavy (non-hydrogen) atoms. The third kappa shape index (κ3) is 6.53. The highest BCUT2D eigenvalue weighted by molar-refractivity contribution is 7.99. The Bertz CT molecular complexity index is 1070. The maximum absolute atomic E-state index is 12.3. The Morgan fingerprint density at radius 3 is 2.74 bits per heavy atom. The molecule has 0 bridgehead atoms. The van der Waals surface area contributed by atoms with Gasteiger partial charge in [-0.3, -0.25) is 4.79 Å². The van der Waals surface area contributed by atoms with Gasteiger partial charge in [0.15, 0.2) is 5.16 Å². The van der Waals surface area contributed by atoms with E-state index >= 15 is 0 Å². The van der Waals surface area contributed by atoms with Crippen molar-refractivity contribution < 1.29 is 9.53 Å². The van der Waals surface area contributed by atoms with Gasteiger partial charge in [0, 0.05) is 29.2 Å². The lowest BCUT2D eigenvalue weighted by molar-refractivity contribution is -0.113. The largest absolute Gasteiger partial charge is 0.492 e. The van der Waals surface area contributed by atoms with Crippen LogP contribution in [0.5, 0.6) is 5.75 Å². The zero-order valence-electron chi connectivity index (χ0n) is 17.0. The van der Waals surface area contributed by atoms with Crippen molar-refractivity contribution in [1.82, 2.24) is 14.8 Å². The molecule has 1 aromatic heterocycles. The van der Waals surface area contributed by atoms with Crippen LogP contribution in [0, 0.1) is 6.92 Å². The molecule has 164 valence electrons. The van der Waals surface area contributed by atoms with Crippen molar-refractivity contribution in [2.24, 2.45) is 7.05 Å². The van der Waals surface area contributed by atoms with Gasteiger partial charge in [-0.1, -0.05) is 52.6 Å². The Morgan fingerprint density at radius 2 is 1.97 bits per heavy atom. The van der Waals surface area contributed by atoms with Gasteiger partial charge in [0.1, 0.15) is 11.6 Å². The molecule has 0 saturated carbocycles. The van der Waals surface area contributed by atoms with Crippen LogP contribution in [-0.2, 0) is 18.3 Å². The molecule has 1 heterocycles. The molecule has 1 amide bonds. The van der Waals surface area contributed by atoms with Gasteiger partial charge in [0.25, 0.3) is 0 Å². The lowest BCUT2D eigenvalue weighted by Gasteiger charge is -2.09. The summed E-state index contributed by atoms with van der Waals surface area (Å²) >= 11 is 19.4. The first-order valence-electron chi connectivity index (χ1n) is 9.49. The number of aromatic nitrogens is 3. The van der Waals surface area contributed by atoms with Gasteiger partial charge < -0.3 is 14.6 Å². The number of halogens is 3. The van der Waals surface area contributed by atoms with Crippen molar-refractivity contribution in [3.8, 4) is 5.75 Å². The maximum Gasteiger partial charge on any atom is 0.234 e. The number of nitrogens with one attached hydrogen (secondary N) is 1. The summed E-state index contributed by atoms with van der Waals surface area (Å²) < 4.78 is 7.58. The van der Waals surface area contributed by atoms with Gasteiger partial charge in [0.05, 0.1) is 17.4 Å². The van der Waals surface area contributed by atoms with Crippen LogP contribution < -0.4 is 10.1 Å². The van der Waals surface area contributed by atoms with Crippen LogP contribution in [0.4, 0.5) is 5.69 Å². The summed E-state index contributed by atoms with van der Waals surface area (Å²) in [4.78, 5) is 12.3. The van der Waals surface area contributed by atoms with Gasteiger partial charge in [-0.2, -0.15) is 0 Å². The molecule has 0 spiro atoms. The van der Waals surface area contributed by atoms with E-state index in [1.165, 1.54) is 11.8 Å². The molecule has 2 aromatic carbocycles. The number of aryl methyl sites for hydroxylation is 1. The number of nitrogens with zero attached hydrogens (tertiary/aromatic N) is 3. The van der Waals surface area contributed by atoms with E-state index in [-0.39, 0.29) is 11.7 Å². The fraction of sp³-hybridized carbons (Fsp3) is 0.286. The first kappa shape index (κ1) is 23.7.